The van der Waals surface area contributed by atoms with Gasteiger partial charge in [0, 0.05) is 43.9 Å². The molecule has 8 nitrogen and oxygen atoms in total. The first-order chi connectivity index (χ1) is 18.0. The lowest BCUT2D eigenvalue weighted by Gasteiger charge is -2.26. The van der Waals surface area contributed by atoms with Crippen molar-refractivity contribution in [3.63, 3.8) is 0 Å². The largest absolute Gasteiger partial charge is 0.497 e. The molecule has 0 saturated carbocycles. The lowest BCUT2D eigenvalue weighted by molar-refractivity contribution is -0.131. The average molecular weight is 504 g/mol. The highest BCUT2D eigenvalue weighted by Crippen LogP contribution is 2.22. The van der Waals surface area contributed by atoms with Gasteiger partial charge in [0.25, 0.3) is 5.91 Å². The van der Waals surface area contributed by atoms with Gasteiger partial charge in [-0.05, 0) is 67.1 Å². The molecule has 2 amide bonds. The number of carbonyl (C=O) groups excluding carboxylic acids is 2. The molecular weight excluding hydrogens is 473 g/mol. The topological polar surface area (TPSA) is 78.9 Å². The van der Waals surface area contributed by atoms with Crippen molar-refractivity contribution in [2.24, 2.45) is 0 Å². The summed E-state index contributed by atoms with van der Waals surface area (Å²) < 4.78 is 18.5. The van der Waals surface area contributed by atoms with Crippen LogP contribution in [0.3, 0.4) is 0 Å². The van der Waals surface area contributed by atoms with Crippen molar-refractivity contribution in [3.05, 3.63) is 84.7 Å². The van der Waals surface area contributed by atoms with Crippen molar-refractivity contribution in [3.8, 4) is 17.0 Å². The summed E-state index contributed by atoms with van der Waals surface area (Å²) in [4.78, 5) is 31.3. The van der Waals surface area contributed by atoms with E-state index in [9.17, 15) is 14.0 Å². The van der Waals surface area contributed by atoms with Crippen molar-refractivity contribution >= 4 is 17.6 Å². The minimum absolute atomic E-state index is 0.0708. The molecule has 0 spiro atoms. The first-order valence-electron chi connectivity index (χ1n) is 12.1. The van der Waals surface area contributed by atoms with Crippen LogP contribution >= 0.6 is 0 Å². The van der Waals surface area contributed by atoms with Crippen molar-refractivity contribution in [2.75, 3.05) is 51.3 Å². The molecule has 0 N–H and O–H groups in total. The van der Waals surface area contributed by atoms with Crippen LogP contribution in [0, 0.1) is 5.82 Å². The first kappa shape index (κ1) is 25.8. The lowest BCUT2D eigenvalue weighted by Crippen LogP contribution is -2.44. The van der Waals surface area contributed by atoms with Crippen LogP contribution in [0.4, 0.5) is 10.2 Å². The molecule has 1 aromatic heterocycles. The van der Waals surface area contributed by atoms with Crippen LogP contribution in [-0.2, 0) is 4.79 Å². The molecule has 1 fully saturated rings. The highest BCUT2D eigenvalue weighted by Gasteiger charge is 2.24. The quantitative estimate of drug-likeness (QED) is 0.437. The third-order valence-electron chi connectivity index (χ3n) is 6.26. The Morgan fingerprint density at radius 3 is 2.41 bits per heavy atom. The Labute approximate surface area is 216 Å². The van der Waals surface area contributed by atoms with Crippen LogP contribution in [0.5, 0.6) is 5.75 Å². The highest BCUT2D eigenvalue weighted by atomic mass is 19.1. The monoisotopic (exact) mass is 503 g/mol. The van der Waals surface area contributed by atoms with Gasteiger partial charge in [-0.3, -0.25) is 9.59 Å². The van der Waals surface area contributed by atoms with E-state index in [4.69, 9.17) is 4.74 Å². The number of carbonyl (C=O) groups is 2. The number of nitrogens with zero attached hydrogens (tertiary/aromatic N) is 5. The van der Waals surface area contributed by atoms with Gasteiger partial charge in [-0.2, -0.15) is 0 Å². The van der Waals surface area contributed by atoms with Crippen LogP contribution in [0.1, 0.15) is 16.8 Å². The smallest absolute Gasteiger partial charge is 0.254 e. The maximum atomic E-state index is 13.2. The Balaban J connectivity index is 1.36. The molecule has 2 aromatic carbocycles. The Kier molecular flexibility index (Phi) is 8.45. The van der Waals surface area contributed by atoms with Crippen LogP contribution in [-0.4, -0.2) is 78.2 Å². The predicted octanol–water partition coefficient (Wildman–Crippen LogP) is 3.66. The van der Waals surface area contributed by atoms with Crippen LogP contribution in [0.2, 0.25) is 0 Å². The molecular formula is C28H30FN5O3. The van der Waals surface area contributed by atoms with Gasteiger partial charge in [0.15, 0.2) is 5.82 Å². The van der Waals surface area contributed by atoms with E-state index in [0.717, 1.165) is 35.8 Å². The number of rotatable bonds is 8. The zero-order chi connectivity index (χ0) is 26.2. The third-order valence-corrected chi connectivity index (χ3v) is 6.26. The van der Waals surface area contributed by atoms with Gasteiger partial charge in [0.1, 0.15) is 18.1 Å². The fourth-order valence-corrected chi connectivity index (χ4v) is 4.22. The van der Waals surface area contributed by atoms with E-state index in [2.05, 4.69) is 21.7 Å². The highest BCUT2D eigenvalue weighted by molar-refractivity contribution is 5.96. The van der Waals surface area contributed by atoms with E-state index in [1.165, 1.54) is 29.2 Å². The summed E-state index contributed by atoms with van der Waals surface area (Å²) in [6.45, 7) is 6.29. The Hall–Kier alpha value is -4.27. The molecule has 2 heterocycles. The number of aromatic nitrogens is 2. The maximum Gasteiger partial charge on any atom is 0.254 e. The van der Waals surface area contributed by atoms with E-state index < -0.39 is 5.82 Å². The number of anilines is 1. The van der Waals surface area contributed by atoms with Crippen molar-refractivity contribution in [1.82, 2.24) is 20.0 Å². The van der Waals surface area contributed by atoms with Crippen molar-refractivity contribution in [2.45, 2.75) is 6.42 Å². The van der Waals surface area contributed by atoms with Gasteiger partial charge in [0.2, 0.25) is 5.91 Å². The van der Waals surface area contributed by atoms with Gasteiger partial charge in [0.05, 0.1) is 12.8 Å². The number of hydrogen-bond donors (Lipinski definition) is 0. The summed E-state index contributed by atoms with van der Waals surface area (Å²) in [6.07, 6.45) is 2.34. The first-order valence-corrected chi connectivity index (χ1v) is 12.1. The van der Waals surface area contributed by atoms with Crippen molar-refractivity contribution in [1.29, 1.82) is 0 Å². The minimum Gasteiger partial charge on any atom is -0.497 e. The second-order valence-corrected chi connectivity index (χ2v) is 8.71. The second-order valence-electron chi connectivity index (χ2n) is 8.71. The molecule has 9 heteroatoms. The van der Waals surface area contributed by atoms with E-state index in [1.54, 1.807) is 18.1 Å². The maximum absolute atomic E-state index is 13.2. The summed E-state index contributed by atoms with van der Waals surface area (Å²) in [7, 11) is 1.63. The Bertz CT molecular complexity index is 1220. The lowest BCUT2D eigenvalue weighted by atomic mass is 10.1. The van der Waals surface area contributed by atoms with E-state index in [1.807, 2.05) is 36.4 Å². The zero-order valence-electron chi connectivity index (χ0n) is 20.8. The number of amides is 2. The number of halogens is 1. The van der Waals surface area contributed by atoms with E-state index >= 15 is 0 Å². The molecule has 3 aromatic rings. The zero-order valence-corrected chi connectivity index (χ0v) is 20.8. The van der Waals surface area contributed by atoms with Gasteiger partial charge >= 0.3 is 0 Å². The fourth-order valence-electron chi connectivity index (χ4n) is 4.22. The Morgan fingerprint density at radius 1 is 1.00 bits per heavy atom. The standard InChI is InChI=1S/C28H30FN5O3/c1-3-15-34(28(36)22-5-9-23(29)10-6-22)20-27(35)33-17-4-16-32(18-19-33)26-14-13-25(30-31-26)21-7-11-24(37-2)12-8-21/h3,5-14H,1,4,15-20H2,2H3. The second kappa shape index (κ2) is 12.1. The van der Waals surface area contributed by atoms with Crippen LogP contribution < -0.4 is 9.64 Å². The van der Waals surface area contributed by atoms with Crippen molar-refractivity contribution < 1.29 is 18.7 Å². The number of benzene rings is 2. The fraction of sp³-hybridized carbons (Fsp3) is 0.286. The van der Waals surface area contributed by atoms with Gasteiger partial charge in [-0.25, -0.2) is 4.39 Å². The van der Waals surface area contributed by atoms with Gasteiger partial charge in [-0.15, -0.1) is 16.8 Å². The molecule has 0 bridgehead atoms. The predicted molar refractivity (Wildman–Crippen MR) is 140 cm³/mol. The van der Waals surface area contributed by atoms with E-state index in [0.29, 0.717) is 25.2 Å². The molecule has 4 rings (SSSR count). The summed E-state index contributed by atoms with van der Waals surface area (Å²) in [5.74, 6) is 0.643. The molecule has 1 aliphatic rings. The number of ether oxygens (including phenoxy) is 1. The minimum atomic E-state index is -0.419. The molecule has 1 aliphatic heterocycles. The van der Waals surface area contributed by atoms with Crippen LogP contribution in [0.25, 0.3) is 11.3 Å². The third kappa shape index (κ3) is 6.49. The molecule has 1 saturated heterocycles. The summed E-state index contributed by atoms with van der Waals surface area (Å²) in [5, 5.41) is 8.81. The summed E-state index contributed by atoms with van der Waals surface area (Å²) in [6, 6.07) is 16.8. The molecule has 37 heavy (non-hydrogen) atoms. The Morgan fingerprint density at radius 2 is 1.76 bits per heavy atom. The number of methoxy groups -OCH3 is 1. The average Bonchev–Trinajstić information content (AvgIpc) is 3.20. The molecule has 0 unspecified atom stereocenters. The van der Waals surface area contributed by atoms with Crippen LogP contribution in [0.15, 0.2) is 73.3 Å². The number of hydrogen-bond acceptors (Lipinski definition) is 6. The normalized spacial score (nSPS) is 13.6. The molecule has 0 aliphatic carbocycles. The molecule has 0 radical (unpaired) electrons. The molecule has 0 atom stereocenters. The molecule has 192 valence electrons. The summed E-state index contributed by atoms with van der Waals surface area (Å²) in [5.41, 5.74) is 2.05. The SMILES string of the molecule is C=CCN(CC(=O)N1CCCN(c2ccc(-c3ccc(OC)cc3)nn2)CC1)C(=O)c1ccc(F)cc1. The van der Waals surface area contributed by atoms with Gasteiger partial charge < -0.3 is 19.4 Å². The van der Waals surface area contributed by atoms with E-state index in [-0.39, 0.29) is 24.9 Å². The van der Waals surface area contributed by atoms with Gasteiger partial charge in [-0.1, -0.05) is 6.08 Å². The summed E-state index contributed by atoms with van der Waals surface area (Å²) >= 11 is 0.